The van der Waals surface area contributed by atoms with Crippen LogP contribution >= 0.6 is 0 Å². The van der Waals surface area contributed by atoms with E-state index in [1.807, 2.05) is 0 Å². The minimum absolute atomic E-state index is 0.0238. The zero-order valence-electron chi connectivity index (χ0n) is 14.1. The summed E-state index contributed by atoms with van der Waals surface area (Å²) in [5.74, 6) is 0.0238. The molecule has 2 fully saturated rings. The lowest BCUT2D eigenvalue weighted by Gasteiger charge is -2.39. The van der Waals surface area contributed by atoms with Crippen molar-refractivity contribution in [2.45, 2.75) is 50.5 Å². The van der Waals surface area contributed by atoms with Gasteiger partial charge >= 0.3 is 0 Å². The molecule has 126 valence electrons. The van der Waals surface area contributed by atoms with Gasteiger partial charge in [-0.15, -0.1) is 0 Å². The van der Waals surface area contributed by atoms with Crippen molar-refractivity contribution >= 4 is 5.91 Å². The summed E-state index contributed by atoms with van der Waals surface area (Å²) < 4.78 is 5.57. The Morgan fingerprint density at radius 2 is 2.09 bits per heavy atom. The summed E-state index contributed by atoms with van der Waals surface area (Å²) in [5, 5.41) is 6.40. The van der Waals surface area contributed by atoms with Gasteiger partial charge in [-0.05, 0) is 30.9 Å². The molecule has 1 saturated heterocycles. The molecule has 0 aromatic heterocycles. The summed E-state index contributed by atoms with van der Waals surface area (Å²) in [6.45, 7) is 4.96. The van der Waals surface area contributed by atoms with Gasteiger partial charge in [0, 0.05) is 25.0 Å². The first-order valence-corrected chi connectivity index (χ1v) is 8.87. The van der Waals surface area contributed by atoms with Gasteiger partial charge < -0.3 is 15.4 Å². The number of hydrogen-bond acceptors (Lipinski definition) is 3. The fourth-order valence-corrected chi connectivity index (χ4v) is 4.04. The number of ether oxygens (including phenoxy) is 1. The molecular weight excluding hydrogens is 288 g/mol. The van der Waals surface area contributed by atoms with E-state index in [1.54, 1.807) is 0 Å². The fourth-order valence-electron chi connectivity index (χ4n) is 4.04. The first-order valence-electron chi connectivity index (χ1n) is 8.87. The summed E-state index contributed by atoms with van der Waals surface area (Å²) in [5.41, 5.74) is 2.82. The number of nitrogens with one attached hydrogen (secondary N) is 2. The molecule has 1 unspecified atom stereocenters. The quantitative estimate of drug-likeness (QED) is 0.896. The fraction of sp³-hybridized carbons (Fsp3) is 0.632. The van der Waals surface area contributed by atoms with E-state index in [2.05, 4.69) is 41.8 Å². The number of morpholine rings is 1. The van der Waals surface area contributed by atoms with Crippen LogP contribution < -0.4 is 10.6 Å². The van der Waals surface area contributed by atoms with E-state index in [-0.39, 0.29) is 17.4 Å². The number of rotatable bonds is 4. The lowest BCUT2D eigenvalue weighted by atomic mass is 9.68. The molecule has 1 saturated carbocycles. The van der Waals surface area contributed by atoms with Gasteiger partial charge in [0.15, 0.2) is 0 Å². The average Bonchev–Trinajstić information content (AvgIpc) is 2.61. The van der Waals surface area contributed by atoms with Gasteiger partial charge in [0.2, 0.25) is 5.91 Å². The largest absolute Gasteiger partial charge is 0.366 e. The second-order valence-corrected chi connectivity index (χ2v) is 6.94. The smallest absolute Gasteiger partial charge is 0.250 e. The maximum Gasteiger partial charge on any atom is 0.250 e. The van der Waals surface area contributed by atoms with Gasteiger partial charge in [0.25, 0.3) is 0 Å². The molecule has 1 atom stereocenters. The van der Waals surface area contributed by atoms with Gasteiger partial charge in [0.1, 0.15) is 6.10 Å². The Bertz CT molecular complexity index is 532. The van der Waals surface area contributed by atoms with Crippen molar-refractivity contribution < 1.29 is 9.53 Å². The Morgan fingerprint density at radius 3 is 2.78 bits per heavy atom. The normalized spacial score (nSPS) is 24.1. The summed E-state index contributed by atoms with van der Waals surface area (Å²) >= 11 is 0. The van der Waals surface area contributed by atoms with E-state index in [0.29, 0.717) is 13.2 Å². The highest BCUT2D eigenvalue weighted by Gasteiger charge is 2.36. The van der Waals surface area contributed by atoms with E-state index < -0.39 is 0 Å². The van der Waals surface area contributed by atoms with Crippen LogP contribution in [0.1, 0.15) is 43.2 Å². The molecule has 1 aromatic carbocycles. The lowest BCUT2D eigenvalue weighted by molar-refractivity contribution is -0.134. The van der Waals surface area contributed by atoms with E-state index in [0.717, 1.165) is 25.9 Å². The lowest BCUT2D eigenvalue weighted by Crippen LogP contribution is -2.51. The van der Waals surface area contributed by atoms with Crippen molar-refractivity contribution in [3.63, 3.8) is 0 Å². The molecule has 4 nitrogen and oxygen atoms in total. The molecule has 2 aliphatic rings. The predicted molar refractivity (Wildman–Crippen MR) is 91.6 cm³/mol. The zero-order valence-corrected chi connectivity index (χ0v) is 14.1. The Balaban J connectivity index is 1.72. The molecule has 4 heteroatoms. The molecule has 23 heavy (non-hydrogen) atoms. The topological polar surface area (TPSA) is 50.4 Å². The summed E-state index contributed by atoms with van der Waals surface area (Å²) in [7, 11) is 0. The SMILES string of the molecule is Cc1ccccc1C1(CNC(=O)C2CNCCO2)CCCCC1. The first kappa shape index (κ1) is 16.5. The first-order chi connectivity index (χ1) is 11.2. The van der Waals surface area contributed by atoms with Gasteiger partial charge in [0.05, 0.1) is 6.61 Å². The van der Waals surface area contributed by atoms with Gasteiger partial charge in [-0.3, -0.25) is 4.79 Å². The summed E-state index contributed by atoms with van der Waals surface area (Å²) in [6.07, 6.45) is 5.75. The minimum atomic E-state index is -0.346. The van der Waals surface area contributed by atoms with Crippen LogP contribution in [0.5, 0.6) is 0 Å². The van der Waals surface area contributed by atoms with Crippen LogP contribution in [0.2, 0.25) is 0 Å². The number of benzene rings is 1. The molecule has 1 aromatic rings. The van der Waals surface area contributed by atoms with Gasteiger partial charge in [-0.2, -0.15) is 0 Å². The van der Waals surface area contributed by atoms with Crippen LogP contribution in [0.4, 0.5) is 0 Å². The Kier molecular flexibility index (Phi) is 5.34. The standard InChI is InChI=1S/C19H28N2O2/c1-15-7-3-4-8-16(15)19(9-5-2-6-10-19)14-21-18(22)17-13-20-11-12-23-17/h3-4,7-8,17,20H,2,5-6,9-14H2,1H3,(H,21,22). The maximum absolute atomic E-state index is 12.4. The molecule has 0 radical (unpaired) electrons. The highest BCUT2D eigenvalue weighted by atomic mass is 16.5. The van der Waals surface area contributed by atoms with Crippen molar-refractivity contribution in [3.05, 3.63) is 35.4 Å². The predicted octanol–water partition coefficient (Wildman–Crippen LogP) is 2.30. The highest BCUT2D eigenvalue weighted by Crippen LogP contribution is 2.40. The molecule has 2 N–H and O–H groups in total. The number of carbonyl (C=O) groups is 1. The average molecular weight is 316 g/mol. The van der Waals surface area contributed by atoms with Crippen LogP contribution in [0, 0.1) is 6.92 Å². The molecule has 0 bridgehead atoms. The van der Waals surface area contributed by atoms with E-state index in [4.69, 9.17) is 4.74 Å². The van der Waals surface area contributed by atoms with Crippen molar-refractivity contribution in [2.24, 2.45) is 0 Å². The third kappa shape index (κ3) is 3.75. The third-order valence-electron chi connectivity index (χ3n) is 5.35. The monoisotopic (exact) mass is 316 g/mol. The number of hydrogen-bond donors (Lipinski definition) is 2. The number of carbonyl (C=O) groups excluding carboxylic acids is 1. The Morgan fingerprint density at radius 1 is 1.30 bits per heavy atom. The summed E-state index contributed by atoms with van der Waals surface area (Å²) in [4.78, 5) is 12.4. The van der Waals surface area contributed by atoms with E-state index >= 15 is 0 Å². The second kappa shape index (κ2) is 7.45. The summed E-state index contributed by atoms with van der Waals surface area (Å²) in [6, 6.07) is 8.64. The van der Waals surface area contributed by atoms with Gasteiger partial charge in [-0.1, -0.05) is 43.5 Å². The van der Waals surface area contributed by atoms with Crippen LogP contribution in [-0.4, -0.2) is 38.3 Å². The molecule has 1 aliphatic heterocycles. The van der Waals surface area contributed by atoms with Crippen LogP contribution in [0.3, 0.4) is 0 Å². The van der Waals surface area contributed by atoms with Crippen molar-refractivity contribution in [1.82, 2.24) is 10.6 Å². The molecular formula is C19H28N2O2. The highest BCUT2D eigenvalue weighted by molar-refractivity contribution is 5.81. The molecule has 3 rings (SSSR count). The van der Waals surface area contributed by atoms with E-state index in [9.17, 15) is 4.79 Å². The van der Waals surface area contributed by atoms with Crippen molar-refractivity contribution in [2.75, 3.05) is 26.2 Å². The van der Waals surface area contributed by atoms with Gasteiger partial charge in [-0.25, -0.2) is 0 Å². The second-order valence-electron chi connectivity index (χ2n) is 6.94. The van der Waals surface area contributed by atoms with Crippen LogP contribution in [0.15, 0.2) is 24.3 Å². The van der Waals surface area contributed by atoms with Crippen LogP contribution in [0.25, 0.3) is 0 Å². The molecule has 1 amide bonds. The van der Waals surface area contributed by atoms with Crippen LogP contribution in [-0.2, 0) is 14.9 Å². The Labute approximate surface area is 139 Å². The van der Waals surface area contributed by atoms with Crippen molar-refractivity contribution in [1.29, 1.82) is 0 Å². The third-order valence-corrected chi connectivity index (χ3v) is 5.35. The zero-order chi connectivity index (χ0) is 16.1. The molecule has 1 aliphatic carbocycles. The maximum atomic E-state index is 12.4. The number of amides is 1. The Hall–Kier alpha value is -1.39. The van der Waals surface area contributed by atoms with E-state index in [1.165, 1.54) is 30.4 Å². The molecule has 0 spiro atoms. The number of aryl methyl sites for hydroxylation is 1. The minimum Gasteiger partial charge on any atom is -0.366 e. The molecule has 1 heterocycles. The van der Waals surface area contributed by atoms with Crippen molar-refractivity contribution in [3.8, 4) is 0 Å².